The predicted molar refractivity (Wildman–Crippen MR) is 64.2 cm³/mol. The molecule has 1 aromatic carbocycles. The topological polar surface area (TPSA) is 59.1 Å². The first-order valence-corrected chi connectivity index (χ1v) is 5.20. The summed E-state index contributed by atoms with van der Waals surface area (Å²) in [6.07, 6.45) is 2.47. The third-order valence-electron chi connectivity index (χ3n) is 2.40. The fourth-order valence-corrected chi connectivity index (χ4v) is 1.70. The molecule has 0 aliphatic heterocycles. The molecule has 82 valence electrons. The number of pyridine rings is 1. The molecule has 1 atom stereocenters. The van der Waals surface area contributed by atoms with Crippen molar-refractivity contribution in [1.82, 2.24) is 4.98 Å². The smallest absolute Gasteiger partial charge is 0.106 e. The highest BCUT2D eigenvalue weighted by Gasteiger charge is 2.14. The number of aliphatic hydroxyl groups is 1. The molecule has 1 aromatic heterocycles. The predicted octanol–water partition coefficient (Wildman–Crippen LogP) is 2.40. The number of aromatic nitrogens is 1. The van der Waals surface area contributed by atoms with E-state index in [2.05, 4.69) is 4.98 Å². The van der Waals surface area contributed by atoms with Gasteiger partial charge in [0, 0.05) is 18.0 Å². The van der Waals surface area contributed by atoms with E-state index >= 15 is 0 Å². The van der Waals surface area contributed by atoms with Crippen LogP contribution >= 0.6 is 11.6 Å². The van der Waals surface area contributed by atoms with E-state index in [1.54, 1.807) is 42.7 Å². The number of hydrogen-bond donors (Lipinski definition) is 2. The SMILES string of the molecule is Nc1c(Cl)cccc1C(O)c1ccncc1. The van der Waals surface area contributed by atoms with Gasteiger partial charge in [0.15, 0.2) is 0 Å². The monoisotopic (exact) mass is 234 g/mol. The van der Waals surface area contributed by atoms with Crippen LogP contribution in [0.5, 0.6) is 0 Å². The van der Waals surface area contributed by atoms with Crippen LogP contribution in [0.3, 0.4) is 0 Å². The molecule has 3 N–H and O–H groups in total. The summed E-state index contributed by atoms with van der Waals surface area (Å²) >= 11 is 5.90. The van der Waals surface area contributed by atoms with Crippen LogP contribution in [-0.4, -0.2) is 10.1 Å². The van der Waals surface area contributed by atoms with Crippen molar-refractivity contribution in [3.05, 3.63) is 58.9 Å². The fourth-order valence-electron chi connectivity index (χ4n) is 1.52. The van der Waals surface area contributed by atoms with Gasteiger partial charge < -0.3 is 10.8 Å². The Hall–Kier alpha value is -1.58. The standard InChI is InChI=1S/C12H11ClN2O/c13-10-3-1-2-9(11(10)14)12(16)8-4-6-15-7-5-8/h1-7,12,16H,14H2. The van der Waals surface area contributed by atoms with Gasteiger partial charge in [0.25, 0.3) is 0 Å². The van der Waals surface area contributed by atoms with Gasteiger partial charge in [-0.15, -0.1) is 0 Å². The Kier molecular flexibility index (Phi) is 3.08. The molecule has 3 nitrogen and oxygen atoms in total. The first-order valence-electron chi connectivity index (χ1n) is 4.82. The molecular formula is C12H11ClN2O. The van der Waals surface area contributed by atoms with Crippen molar-refractivity contribution in [2.45, 2.75) is 6.10 Å². The summed E-state index contributed by atoms with van der Waals surface area (Å²) in [5.41, 5.74) is 7.57. The second-order valence-electron chi connectivity index (χ2n) is 3.43. The fraction of sp³-hybridized carbons (Fsp3) is 0.0833. The molecule has 2 rings (SSSR count). The van der Waals surface area contributed by atoms with E-state index in [-0.39, 0.29) is 0 Å². The van der Waals surface area contributed by atoms with Gasteiger partial charge in [-0.05, 0) is 23.8 Å². The van der Waals surface area contributed by atoms with Gasteiger partial charge in [0.1, 0.15) is 6.10 Å². The van der Waals surface area contributed by atoms with Crippen molar-refractivity contribution in [3.8, 4) is 0 Å². The van der Waals surface area contributed by atoms with Crippen molar-refractivity contribution in [2.75, 3.05) is 5.73 Å². The van der Waals surface area contributed by atoms with Crippen LogP contribution in [0.25, 0.3) is 0 Å². The third kappa shape index (κ3) is 2.01. The molecule has 2 aromatic rings. The number of rotatable bonds is 2. The number of benzene rings is 1. The average Bonchev–Trinajstić information content (AvgIpc) is 2.33. The van der Waals surface area contributed by atoms with E-state index in [4.69, 9.17) is 17.3 Å². The van der Waals surface area contributed by atoms with Crippen LogP contribution in [0.1, 0.15) is 17.2 Å². The molecule has 0 saturated heterocycles. The average molecular weight is 235 g/mol. The molecule has 0 aliphatic carbocycles. The molecule has 16 heavy (non-hydrogen) atoms. The second-order valence-corrected chi connectivity index (χ2v) is 3.83. The quantitative estimate of drug-likeness (QED) is 0.785. The molecule has 0 bridgehead atoms. The van der Waals surface area contributed by atoms with Crippen molar-refractivity contribution in [1.29, 1.82) is 0 Å². The van der Waals surface area contributed by atoms with Gasteiger partial charge in [0.2, 0.25) is 0 Å². The van der Waals surface area contributed by atoms with E-state index in [1.165, 1.54) is 0 Å². The Balaban J connectivity index is 2.42. The number of hydrogen-bond acceptors (Lipinski definition) is 3. The van der Waals surface area contributed by atoms with Crippen LogP contribution in [0, 0.1) is 0 Å². The summed E-state index contributed by atoms with van der Waals surface area (Å²) in [5, 5.41) is 10.6. The zero-order valence-electron chi connectivity index (χ0n) is 8.47. The lowest BCUT2D eigenvalue weighted by atomic mass is 10.0. The van der Waals surface area contributed by atoms with Crippen LogP contribution in [0.4, 0.5) is 5.69 Å². The summed E-state index contributed by atoms with van der Waals surface area (Å²) in [4.78, 5) is 3.89. The number of anilines is 1. The maximum atomic E-state index is 10.1. The molecule has 0 saturated carbocycles. The Morgan fingerprint density at radius 3 is 2.56 bits per heavy atom. The number of nitrogens with two attached hydrogens (primary N) is 1. The van der Waals surface area contributed by atoms with Gasteiger partial charge in [-0.3, -0.25) is 4.98 Å². The molecule has 0 radical (unpaired) electrons. The zero-order chi connectivity index (χ0) is 11.5. The van der Waals surface area contributed by atoms with E-state index in [0.717, 1.165) is 5.56 Å². The van der Waals surface area contributed by atoms with Crippen molar-refractivity contribution in [2.24, 2.45) is 0 Å². The largest absolute Gasteiger partial charge is 0.397 e. The zero-order valence-corrected chi connectivity index (χ0v) is 9.22. The normalized spacial score (nSPS) is 12.4. The first-order chi connectivity index (χ1) is 7.70. The summed E-state index contributed by atoms with van der Waals surface area (Å²) in [6.45, 7) is 0. The Labute approximate surface area is 98.5 Å². The summed E-state index contributed by atoms with van der Waals surface area (Å²) < 4.78 is 0. The number of halogens is 1. The molecule has 0 spiro atoms. The third-order valence-corrected chi connectivity index (χ3v) is 2.73. The molecule has 0 amide bonds. The Morgan fingerprint density at radius 1 is 1.19 bits per heavy atom. The summed E-state index contributed by atoms with van der Waals surface area (Å²) in [5.74, 6) is 0. The van der Waals surface area contributed by atoms with E-state index in [9.17, 15) is 5.11 Å². The van der Waals surface area contributed by atoms with Crippen LogP contribution in [-0.2, 0) is 0 Å². The molecule has 1 unspecified atom stereocenters. The number of para-hydroxylation sites is 1. The minimum absolute atomic E-state index is 0.411. The van der Waals surface area contributed by atoms with Gasteiger partial charge in [-0.1, -0.05) is 23.7 Å². The Bertz CT molecular complexity index is 488. The lowest BCUT2D eigenvalue weighted by Crippen LogP contribution is -2.04. The van der Waals surface area contributed by atoms with Crippen LogP contribution in [0.15, 0.2) is 42.7 Å². The van der Waals surface area contributed by atoms with Crippen molar-refractivity contribution in [3.63, 3.8) is 0 Å². The summed E-state index contributed by atoms with van der Waals surface area (Å²) in [7, 11) is 0. The highest BCUT2D eigenvalue weighted by molar-refractivity contribution is 6.33. The van der Waals surface area contributed by atoms with Crippen molar-refractivity contribution >= 4 is 17.3 Å². The minimum Gasteiger partial charge on any atom is -0.397 e. The molecular weight excluding hydrogens is 224 g/mol. The van der Waals surface area contributed by atoms with Crippen molar-refractivity contribution < 1.29 is 5.11 Å². The Morgan fingerprint density at radius 2 is 1.88 bits per heavy atom. The van der Waals surface area contributed by atoms with E-state index < -0.39 is 6.10 Å². The van der Waals surface area contributed by atoms with Gasteiger partial charge in [-0.25, -0.2) is 0 Å². The summed E-state index contributed by atoms with van der Waals surface area (Å²) in [6, 6.07) is 8.69. The van der Waals surface area contributed by atoms with E-state index in [0.29, 0.717) is 16.3 Å². The molecule has 0 fully saturated rings. The number of nitrogens with zero attached hydrogens (tertiary/aromatic N) is 1. The van der Waals surface area contributed by atoms with Gasteiger partial charge >= 0.3 is 0 Å². The second kappa shape index (κ2) is 4.51. The maximum absolute atomic E-state index is 10.1. The van der Waals surface area contributed by atoms with Gasteiger partial charge in [0.05, 0.1) is 10.7 Å². The molecule has 0 aliphatic rings. The molecule has 1 heterocycles. The lowest BCUT2D eigenvalue weighted by molar-refractivity contribution is 0.221. The van der Waals surface area contributed by atoms with Crippen LogP contribution in [0.2, 0.25) is 5.02 Å². The minimum atomic E-state index is -0.776. The lowest BCUT2D eigenvalue weighted by Gasteiger charge is -2.14. The van der Waals surface area contributed by atoms with E-state index in [1.807, 2.05) is 0 Å². The highest BCUT2D eigenvalue weighted by atomic mass is 35.5. The number of nitrogen functional groups attached to an aromatic ring is 1. The maximum Gasteiger partial charge on any atom is 0.106 e. The number of aliphatic hydroxyl groups excluding tert-OH is 1. The molecule has 4 heteroatoms. The van der Waals surface area contributed by atoms with Crippen LogP contribution < -0.4 is 5.73 Å². The first kappa shape index (κ1) is 10.9. The van der Waals surface area contributed by atoms with Gasteiger partial charge in [-0.2, -0.15) is 0 Å². The highest BCUT2D eigenvalue weighted by Crippen LogP contribution is 2.30.